The van der Waals surface area contributed by atoms with E-state index < -0.39 is 5.63 Å². The van der Waals surface area contributed by atoms with Crippen molar-refractivity contribution in [2.75, 3.05) is 0 Å². The topological polar surface area (TPSA) is 92.4 Å². The normalized spacial score (nSPS) is 10.8. The lowest BCUT2D eigenvalue weighted by atomic mass is 10.0. The fourth-order valence-corrected chi connectivity index (χ4v) is 2.68. The maximum Gasteiger partial charge on any atom is 0.340 e. The zero-order valence-electron chi connectivity index (χ0n) is 13.4. The van der Waals surface area contributed by atoms with Gasteiger partial charge in [0.15, 0.2) is 0 Å². The van der Waals surface area contributed by atoms with Gasteiger partial charge in [-0.05, 0) is 30.7 Å². The van der Waals surface area contributed by atoms with Crippen LogP contribution < -0.4 is 10.9 Å². The summed E-state index contributed by atoms with van der Waals surface area (Å²) in [6, 6.07) is 8.22. The highest BCUT2D eigenvalue weighted by atomic mass is 35.5. The standard InChI is InChI=1S/C18H15ClN2O4/c1-10-12-6-14(19)15(22)8-16(12)25-18(24)13(10)7-17(23)21-9-11-4-2-3-5-20-11/h2-6,8,22H,7,9H2,1H3,(H,21,23). The van der Waals surface area contributed by atoms with Crippen molar-refractivity contribution in [1.82, 2.24) is 10.3 Å². The van der Waals surface area contributed by atoms with Gasteiger partial charge in [-0.25, -0.2) is 4.79 Å². The fraction of sp³-hybridized carbons (Fsp3) is 0.167. The molecule has 0 aliphatic rings. The lowest BCUT2D eigenvalue weighted by Crippen LogP contribution is -2.27. The number of halogens is 1. The van der Waals surface area contributed by atoms with E-state index in [0.29, 0.717) is 10.9 Å². The average Bonchev–Trinajstić information content (AvgIpc) is 2.60. The maximum absolute atomic E-state index is 12.2. The number of nitrogens with one attached hydrogen (secondary N) is 1. The molecule has 0 fully saturated rings. The molecule has 0 bridgehead atoms. The number of pyridine rings is 1. The zero-order valence-corrected chi connectivity index (χ0v) is 14.1. The molecule has 0 saturated heterocycles. The largest absolute Gasteiger partial charge is 0.506 e. The van der Waals surface area contributed by atoms with Gasteiger partial charge in [-0.1, -0.05) is 17.7 Å². The number of hydrogen-bond donors (Lipinski definition) is 2. The molecule has 3 rings (SSSR count). The summed E-state index contributed by atoms with van der Waals surface area (Å²) in [6.45, 7) is 1.99. The van der Waals surface area contributed by atoms with E-state index in [-0.39, 0.29) is 40.8 Å². The van der Waals surface area contributed by atoms with Crippen LogP contribution >= 0.6 is 11.6 Å². The third-order valence-corrected chi connectivity index (χ3v) is 4.19. The van der Waals surface area contributed by atoms with Gasteiger partial charge in [0.05, 0.1) is 29.2 Å². The van der Waals surface area contributed by atoms with Gasteiger partial charge in [0.2, 0.25) is 5.91 Å². The first-order valence-corrected chi connectivity index (χ1v) is 7.95. The second-order valence-electron chi connectivity index (χ2n) is 5.57. The van der Waals surface area contributed by atoms with Crippen LogP contribution in [0.15, 0.2) is 45.7 Å². The molecule has 0 aliphatic carbocycles. The molecule has 7 heteroatoms. The average molecular weight is 359 g/mol. The van der Waals surface area contributed by atoms with Crippen LogP contribution in [-0.2, 0) is 17.8 Å². The number of fused-ring (bicyclic) bond motifs is 1. The Balaban J connectivity index is 1.84. The Morgan fingerprint density at radius 3 is 2.88 bits per heavy atom. The number of amides is 1. The first-order chi connectivity index (χ1) is 12.0. The lowest BCUT2D eigenvalue weighted by molar-refractivity contribution is -0.120. The monoisotopic (exact) mass is 358 g/mol. The highest BCUT2D eigenvalue weighted by molar-refractivity contribution is 6.32. The van der Waals surface area contributed by atoms with Crippen molar-refractivity contribution in [2.45, 2.75) is 19.9 Å². The quantitative estimate of drug-likeness (QED) is 0.699. The fourth-order valence-electron chi connectivity index (χ4n) is 2.52. The predicted octanol–water partition coefficient (Wildman–Crippen LogP) is 2.71. The van der Waals surface area contributed by atoms with Gasteiger partial charge in [-0.3, -0.25) is 9.78 Å². The summed E-state index contributed by atoms with van der Waals surface area (Å²) in [5.74, 6) is -0.483. The number of rotatable bonds is 4. The Labute approximate surface area is 148 Å². The summed E-state index contributed by atoms with van der Waals surface area (Å²) >= 11 is 5.92. The Hall–Kier alpha value is -2.86. The van der Waals surface area contributed by atoms with E-state index in [9.17, 15) is 14.7 Å². The minimum Gasteiger partial charge on any atom is -0.506 e. The number of carbonyl (C=O) groups is 1. The third kappa shape index (κ3) is 3.64. The molecule has 0 spiro atoms. The molecule has 25 heavy (non-hydrogen) atoms. The van der Waals surface area contributed by atoms with E-state index in [1.165, 1.54) is 12.1 Å². The number of phenols is 1. The first-order valence-electron chi connectivity index (χ1n) is 7.57. The first kappa shape index (κ1) is 17.0. The van der Waals surface area contributed by atoms with Gasteiger partial charge in [0, 0.05) is 17.6 Å². The van der Waals surface area contributed by atoms with Crippen molar-refractivity contribution in [2.24, 2.45) is 0 Å². The molecule has 1 aromatic carbocycles. The van der Waals surface area contributed by atoms with E-state index in [2.05, 4.69) is 10.3 Å². The van der Waals surface area contributed by atoms with Crippen molar-refractivity contribution in [3.05, 3.63) is 68.8 Å². The Bertz CT molecular complexity index is 999. The summed E-state index contributed by atoms with van der Waals surface area (Å²) in [5, 5.41) is 13.1. The van der Waals surface area contributed by atoms with Gasteiger partial charge in [-0.2, -0.15) is 0 Å². The van der Waals surface area contributed by atoms with Crippen molar-refractivity contribution < 1.29 is 14.3 Å². The maximum atomic E-state index is 12.2. The van der Waals surface area contributed by atoms with Gasteiger partial charge in [0.1, 0.15) is 11.3 Å². The van der Waals surface area contributed by atoms with Crippen LogP contribution in [0.1, 0.15) is 16.8 Å². The van der Waals surface area contributed by atoms with E-state index in [1.54, 1.807) is 25.3 Å². The number of aryl methyl sites for hydroxylation is 1. The zero-order chi connectivity index (χ0) is 18.0. The molecule has 0 radical (unpaired) electrons. The van der Waals surface area contributed by atoms with E-state index in [0.717, 1.165) is 5.69 Å². The van der Waals surface area contributed by atoms with Gasteiger partial charge >= 0.3 is 5.63 Å². The summed E-state index contributed by atoms with van der Waals surface area (Å²) < 4.78 is 5.21. The molecule has 0 unspecified atom stereocenters. The molecule has 2 heterocycles. The highest BCUT2D eigenvalue weighted by Crippen LogP contribution is 2.30. The van der Waals surface area contributed by atoms with Gasteiger partial charge in [-0.15, -0.1) is 0 Å². The van der Waals surface area contributed by atoms with E-state index in [1.807, 2.05) is 6.07 Å². The number of aromatic nitrogens is 1. The van der Waals surface area contributed by atoms with E-state index in [4.69, 9.17) is 16.0 Å². The summed E-state index contributed by atoms with van der Waals surface area (Å²) in [6.07, 6.45) is 1.53. The van der Waals surface area contributed by atoms with Crippen molar-refractivity contribution in [3.8, 4) is 5.75 Å². The van der Waals surface area contributed by atoms with Crippen LogP contribution in [0.5, 0.6) is 5.75 Å². The van der Waals surface area contributed by atoms with Crippen molar-refractivity contribution in [1.29, 1.82) is 0 Å². The minimum atomic E-state index is -0.611. The van der Waals surface area contributed by atoms with Gasteiger partial charge < -0.3 is 14.8 Å². The van der Waals surface area contributed by atoms with Crippen molar-refractivity contribution in [3.63, 3.8) is 0 Å². The number of carbonyl (C=O) groups excluding carboxylic acids is 1. The molecule has 2 aromatic heterocycles. The van der Waals surface area contributed by atoms with Crippen LogP contribution in [-0.4, -0.2) is 16.0 Å². The second kappa shape index (κ2) is 6.94. The Kier molecular flexibility index (Phi) is 4.72. The smallest absolute Gasteiger partial charge is 0.340 e. The second-order valence-corrected chi connectivity index (χ2v) is 5.97. The number of benzene rings is 1. The molecular formula is C18H15ClN2O4. The molecule has 3 aromatic rings. The minimum absolute atomic E-state index is 0.116. The van der Waals surface area contributed by atoms with Crippen LogP contribution in [0, 0.1) is 6.92 Å². The molecule has 1 amide bonds. The van der Waals surface area contributed by atoms with Crippen LogP contribution in [0.3, 0.4) is 0 Å². The predicted molar refractivity (Wildman–Crippen MR) is 93.7 cm³/mol. The van der Waals surface area contributed by atoms with Gasteiger partial charge in [0.25, 0.3) is 0 Å². The third-order valence-electron chi connectivity index (χ3n) is 3.88. The number of phenolic OH excluding ortho intramolecular Hbond substituents is 1. The number of aromatic hydroxyl groups is 1. The van der Waals surface area contributed by atoms with Crippen LogP contribution in [0.2, 0.25) is 5.02 Å². The number of nitrogens with zero attached hydrogens (tertiary/aromatic N) is 1. The van der Waals surface area contributed by atoms with Crippen LogP contribution in [0.25, 0.3) is 11.0 Å². The highest BCUT2D eigenvalue weighted by Gasteiger charge is 2.16. The molecule has 6 nitrogen and oxygen atoms in total. The summed E-state index contributed by atoms with van der Waals surface area (Å²) in [4.78, 5) is 28.5. The Morgan fingerprint density at radius 1 is 1.36 bits per heavy atom. The molecule has 0 saturated carbocycles. The summed E-state index contributed by atoms with van der Waals surface area (Å²) in [7, 11) is 0. The Morgan fingerprint density at radius 2 is 2.16 bits per heavy atom. The molecule has 128 valence electrons. The number of hydrogen-bond acceptors (Lipinski definition) is 5. The van der Waals surface area contributed by atoms with Crippen LogP contribution in [0.4, 0.5) is 0 Å². The summed E-state index contributed by atoms with van der Waals surface area (Å²) in [5.41, 5.74) is 1.19. The molecule has 0 aliphatic heterocycles. The lowest BCUT2D eigenvalue weighted by Gasteiger charge is -2.09. The SMILES string of the molecule is Cc1c(CC(=O)NCc2ccccn2)c(=O)oc2cc(O)c(Cl)cc12. The molecule has 2 N–H and O–H groups in total. The van der Waals surface area contributed by atoms with E-state index >= 15 is 0 Å². The van der Waals surface area contributed by atoms with Crippen molar-refractivity contribution >= 4 is 28.5 Å². The molecule has 0 atom stereocenters. The molecular weight excluding hydrogens is 344 g/mol.